The van der Waals surface area contributed by atoms with E-state index in [1.165, 1.54) is 18.3 Å². The van der Waals surface area contributed by atoms with Crippen LogP contribution < -0.4 is 20.6 Å². The summed E-state index contributed by atoms with van der Waals surface area (Å²) in [6.45, 7) is 5.51. The van der Waals surface area contributed by atoms with Crippen molar-refractivity contribution in [3.8, 4) is 5.88 Å². The first kappa shape index (κ1) is 29.0. The van der Waals surface area contributed by atoms with Crippen LogP contribution in [0.25, 0.3) is 5.57 Å². The number of amides is 1. The molecular weight excluding hydrogens is 581 g/mol. The Hall–Kier alpha value is -3.48. The standard InChI is InChI=1S/C28H26ClF3N4O4S/c1-27(2,3)36(26(39)40)9-8-19(14-36)35-24(37)23(41-25(35)38)20(15-5-7-22-17(10-15)13-33-34-22)11-16-4-6-18(29)12-21(16)28(30,31)32/h4-7,10,12-13,19H,8-9,11,14H2,1-3H3,(H-,33,34,37,39,40)/t19-,36?/m0/s1. The zero-order chi connectivity index (χ0) is 29.9. The Bertz CT molecular complexity index is 1770. The van der Waals surface area contributed by atoms with E-state index in [1.54, 1.807) is 39.0 Å². The molecule has 0 saturated carbocycles. The molecule has 216 valence electrons. The van der Waals surface area contributed by atoms with Crippen molar-refractivity contribution in [2.24, 2.45) is 10.2 Å². The summed E-state index contributed by atoms with van der Waals surface area (Å²) in [5.74, 6) is -0.423. The molecule has 2 aliphatic heterocycles. The van der Waals surface area contributed by atoms with Crippen LogP contribution in [0.1, 0.15) is 54.8 Å². The lowest BCUT2D eigenvalue weighted by Crippen LogP contribution is -2.66. The molecule has 2 aliphatic rings. The van der Waals surface area contributed by atoms with Gasteiger partial charge in [0.05, 0.1) is 40.1 Å². The lowest BCUT2D eigenvalue weighted by atomic mass is 9.96. The lowest BCUT2D eigenvalue weighted by Gasteiger charge is -2.45. The second-order valence-electron chi connectivity index (χ2n) is 11.2. The minimum atomic E-state index is -4.70. The molecule has 1 unspecified atom stereocenters. The molecule has 8 nitrogen and oxygen atoms in total. The van der Waals surface area contributed by atoms with E-state index in [0.717, 1.165) is 10.6 Å². The van der Waals surface area contributed by atoms with E-state index in [9.17, 15) is 33.0 Å². The largest absolute Gasteiger partial charge is 0.498 e. The van der Waals surface area contributed by atoms with Crippen molar-refractivity contribution in [1.82, 2.24) is 4.57 Å². The van der Waals surface area contributed by atoms with Crippen LogP contribution in [0.4, 0.5) is 18.0 Å². The van der Waals surface area contributed by atoms with Gasteiger partial charge in [-0.1, -0.05) is 35.1 Å². The van der Waals surface area contributed by atoms with Crippen LogP contribution >= 0.6 is 22.9 Å². The molecule has 0 spiro atoms. The highest BCUT2D eigenvalue weighted by Gasteiger charge is 2.50. The van der Waals surface area contributed by atoms with Gasteiger partial charge in [-0.25, -0.2) is 0 Å². The number of aromatic nitrogens is 1. The second kappa shape index (κ2) is 10.1. The minimum absolute atomic E-state index is 0.0109. The van der Waals surface area contributed by atoms with Crippen molar-refractivity contribution in [1.29, 1.82) is 0 Å². The summed E-state index contributed by atoms with van der Waals surface area (Å²) in [6.07, 6.45) is -4.45. The van der Waals surface area contributed by atoms with Crippen molar-refractivity contribution in [2.75, 3.05) is 13.1 Å². The normalized spacial score (nSPS) is 21.1. The predicted octanol–water partition coefficient (Wildman–Crippen LogP) is 3.60. The van der Waals surface area contributed by atoms with Crippen LogP contribution in [0, 0.1) is 0 Å². The number of carbonyl (C=O) groups excluding carboxylic acids is 1. The first-order chi connectivity index (χ1) is 19.1. The summed E-state index contributed by atoms with van der Waals surface area (Å²) >= 11 is 6.60. The monoisotopic (exact) mass is 606 g/mol. The molecule has 3 aromatic rings. The Morgan fingerprint density at radius 2 is 1.95 bits per heavy atom. The third-order valence-electron chi connectivity index (χ3n) is 7.94. The minimum Gasteiger partial charge on any atom is -0.498 e. The number of benzene rings is 2. The van der Waals surface area contributed by atoms with Gasteiger partial charge in [0.2, 0.25) is 5.88 Å². The van der Waals surface area contributed by atoms with E-state index >= 15 is 0 Å². The summed E-state index contributed by atoms with van der Waals surface area (Å²) in [7, 11) is 0. The topological polar surface area (TPSA) is 107 Å². The molecule has 5 rings (SSSR count). The van der Waals surface area contributed by atoms with Gasteiger partial charge >= 0.3 is 11.0 Å². The Morgan fingerprint density at radius 3 is 2.59 bits per heavy atom. The molecule has 1 N–H and O–H groups in total. The van der Waals surface area contributed by atoms with Crippen molar-refractivity contribution < 1.29 is 32.7 Å². The zero-order valence-electron chi connectivity index (χ0n) is 22.3. The van der Waals surface area contributed by atoms with E-state index in [1.807, 2.05) is 0 Å². The van der Waals surface area contributed by atoms with Gasteiger partial charge in [0.25, 0.3) is 6.09 Å². The van der Waals surface area contributed by atoms with Crippen LogP contribution in [0.5, 0.6) is 5.88 Å². The fourth-order valence-corrected chi connectivity index (χ4v) is 6.81. The van der Waals surface area contributed by atoms with Crippen molar-refractivity contribution >= 4 is 40.8 Å². The van der Waals surface area contributed by atoms with Crippen LogP contribution in [0.2, 0.25) is 5.02 Å². The number of aromatic hydroxyl groups is 1. The fraction of sp³-hybridized carbons (Fsp3) is 0.357. The van der Waals surface area contributed by atoms with Gasteiger partial charge in [0.1, 0.15) is 6.54 Å². The highest BCUT2D eigenvalue weighted by Crippen LogP contribution is 2.41. The van der Waals surface area contributed by atoms with Gasteiger partial charge in [-0.3, -0.25) is 13.8 Å². The van der Waals surface area contributed by atoms with E-state index < -0.39 is 44.6 Å². The maximum atomic E-state index is 14.0. The molecular formula is C28H26ClF3N4O4S. The van der Waals surface area contributed by atoms with Crippen LogP contribution in [0.15, 0.2) is 51.4 Å². The molecule has 1 aromatic heterocycles. The van der Waals surface area contributed by atoms with Crippen LogP contribution in [0.3, 0.4) is 0 Å². The molecule has 3 heterocycles. The van der Waals surface area contributed by atoms with E-state index in [0.29, 0.717) is 27.5 Å². The molecule has 1 amide bonds. The first-order valence-electron chi connectivity index (χ1n) is 12.8. The number of nitrogens with zero attached hydrogens (tertiary/aromatic N) is 4. The van der Waals surface area contributed by atoms with Gasteiger partial charge in [-0.15, -0.1) is 0 Å². The number of alkyl halides is 3. The Balaban J connectivity index is 1.68. The van der Waals surface area contributed by atoms with Gasteiger partial charge in [-0.2, -0.15) is 23.4 Å². The number of thiazole rings is 1. The summed E-state index contributed by atoms with van der Waals surface area (Å²) in [6, 6.07) is 7.82. The number of likely N-dealkylation sites (tertiary alicyclic amines) is 1. The first-order valence-corrected chi connectivity index (χ1v) is 13.9. The molecule has 2 aromatic carbocycles. The number of fused-ring (bicyclic) bond motifs is 1. The van der Waals surface area contributed by atoms with Gasteiger partial charge in [0.15, 0.2) is 0 Å². The molecule has 1 saturated heterocycles. The number of halogens is 4. The Labute approximate surface area is 241 Å². The van der Waals surface area contributed by atoms with Gasteiger partial charge in [-0.05, 0) is 61.4 Å². The molecule has 13 heteroatoms. The van der Waals surface area contributed by atoms with Crippen LogP contribution in [-0.2, 0) is 12.6 Å². The number of hydrogen-bond donors (Lipinski definition) is 1. The highest BCUT2D eigenvalue weighted by atomic mass is 35.5. The zero-order valence-corrected chi connectivity index (χ0v) is 23.9. The average molecular weight is 607 g/mol. The quantitative estimate of drug-likeness (QED) is 0.458. The fourth-order valence-electron chi connectivity index (χ4n) is 5.63. The maximum absolute atomic E-state index is 14.0. The molecule has 0 bridgehead atoms. The van der Waals surface area contributed by atoms with Crippen molar-refractivity contribution in [3.05, 3.63) is 83.2 Å². The molecule has 41 heavy (non-hydrogen) atoms. The number of quaternary nitrogens is 1. The van der Waals surface area contributed by atoms with Gasteiger partial charge < -0.3 is 15.0 Å². The molecule has 0 radical (unpaired) electrons. The Morgan fingerprint density at radius 1 is 1.22 bits per heavy atom. The average Bonchev–Trinajstić information content (AvgIpc) is 3.59. The van der Waals surface area contributed by atoms with Crippen molar-refractivity contribution in [2.45, 2.75) is 51.4 Å². The van der Waals surface area contributed by atoms with Gasteiger partial charge in [0, 0.05) is 23.4 Å². The summed E-state index contributed by atoms with van der Waals surface area (Å²) in [4.78, 5) is 25.1. The number of rotatable bonds is 4. The smallest absolute Gasteiger partial charge is 0.416 e. The Kier molecular flexibility index (Phi) is 7.16. The summed E-state index contributed by atoms with van der Waals surface area (Å²) < 4.78 is 42.7. The third-order valence-corrected chi connectivity index (χ3v) is 9.18. The van der Waals surface area contributed by atoms with Crippen molar-refractivity contribution in [3.63, 3.8) is 0 Å². The second-order valence-corrected chi connectivity index (χ2v) is 12.6. The van der Waals surface area contributed by atoms with E-state index in [4.69, 9.17) is 11.6 Å². The molecule has 1 fully saturated rings. The number of carboxylic acid groups (broad SMARTS) is 1. The lowest BCUT2D eigenvalue weighted by molar-refractivity contribution is -0.909. The highest BCUT2D eigenvalue weighted by molar-refractivity contribution is 7.10. The SMILES string of the molecule is CC(C)(C)[N+]1(C(=O)[O-])CC[C@H](n2c(O)c(C(Cc3ccc(Cl)cc3C(F)(F)F)=c3ccc4c(c3)C=NN=4)sc2=O)C1. The molecule has 0 aliphatic carbocycles. The summed E-state index contributed by atoms with van der Waals surface area (Å²) in [5, 5.41) is 32.5. The number of carbonyl (C=O) groups is 1. The van der Waals surface area contributed by atoms with Crippen LogP contribution in [-0.4, -0.2) is 45.1 Å². The summed E-state index contributed by atoms with van der Waals surface area (Å²) in [5.41, 5.74) is -0.834. The molecule has 2 atom stereocenters. The van der Waals surface area contributed by atoms with E-state index in [-0.39, 0.29) is 47.0 Å². The predicted molar refractivity (Wildman–Crippen MR) is 147 cm³/mol. The third kappa shape index (κ3) is 5.08. The number of hydrogen-bond acceptors (Lipinski definition) is 7. The van der Waals surface area contributed by atoms with E-state index in [2.05, 4.69) is 10.2 Å². The maximum Gasteiger partial charge on any atom is 0.416 e.